The summed E-state index contributed by atoms with van der Waals surface area (Å²) in [6.07, 6.45) is 0.958. The average Bonchev–Trinajstić information content (AvgIpc) is 2.90. The number of nitrogens with zero attached hydrogens (tertiary/aromatic N) is 1. The largest absolute Gasteiger partial charge is 0.440 e. The quantitative estimate of drug-likeness (QED) is 0.387. The highest BCUT2D eigenvalue weighted by molar-refractivity contribution is 7.92. The number of ether oxygens (including phenoxy) is 1. The lowest BCUT2D eigenvalue weighted by Crippen LogP contribution is -1.97. The van der Waals surface area contributed by atoms with Crippen LogP contribution in [0.4, 0.5) is 5.69 Å². The molecular formula is C15H11NO7S2. The highest BCUT2D eigenvalue weighted by Gasteiger charge is 2.25. The van der Waals surface area contributed by atoms with E-state index in [1.165, 1.54) is 12.1 Å². The van der Waals surface area contributed by atoms with Gasteiger partial charge in [-0.3, -0.25) is 10.1 Å². The summed E-state index contributed by atoms with van der Waals surface area (Å²) in [5.41, 5.74) is 0.0177. The highest BCUT2D eigenvalue weighted by Crippen LogP contribution is 2.42. The van der Waals surface area contributed by atoms with Crippen molar-refractivity contribution in [2.75, 3.05) is 6.26 Å². The van der Waals surface area contributed by atoms with Crippen LogP contribution in [0.3, 0.4) is 0 Å². The summed E-state index contributed by atoms with van der Waals surface area (Å²) >= 11 is 0.657. The molecule has 0 bridgehead atoms. The molecule has 0 radical (unpaired) electrons. The first kappa shape index (κ1) is 17.1. The molecule has 10 heteroatoms. The second-order valence-electron chi connectivity index (χ2n) is 5.28. The minimum atomic E-state index is -3.60. The second-order valence-corrected chi connectivity index (χ2v) is 8.53. The fourth-order valence-corrected chi connectivity index (χ4v) is 4.09. The van der Waals surface area contributed by atoms with Gasteiger partial charge in [-0.1, -0.05) is 11.3 Å². The van der Waals surface area contributed by atoms with Crippen molar-refractivity contribution in [1.82, 2.24) is 0 Å². The van der Waals surface area contributed by atoms with Gasteiger partial charge in [-0.2, -0.15) is 0 Å². The Kier molecular flexibility index (Phi) is 4.09. The molecule has 0 aliphatic carbocycles. The lowest BCUT2D eigenvalue weighted by molar-refractivity contribution is -0.385. The van der Waals surface area contributed by atoms with Crippen molar-refractivity contribution in [3.8, 4) is 10.8 Å². The van der Waals surface area contributed by atoms with Crippen LogP contribution in [-0.4, -0.2) is 19.6 Å². The van der Waals surface area contributed by atoms with E-state index in [1.807, 2.05) is 0 Å². The Morgan fingerprint density at radius 1 is 1.24 bits per heavy atom. The Morgan fingerprint density at radius 3 is 2.60 bits per heavy atom. The second kappa shape index (κ2) is 5.97. The number of sulfone groups is 1. The van der Waals surface area contributed by atoms with Crippen molar-refractivity contribution >= 4 is 37.8 Å². The maximum atomic E-state index is 11.6. The van der Waals surface area contributed by atoms with E-state index < -0.39 is 26.1 Å². The predicted molar refractivity (Wildman–Crippen MR) is 91.4 cm³/mol. The molecular weight excluding hydrogens is 370 g/mol. The third kappa shape index (κ3) is 3.39. The minimum Gasteiger partial charge on any atom is -0.440 e. The number of hydrogen-bond donors (Lipinski definition) is 0. The maximum Gasteiger partial charge on any atom is 0.336 e. The Balaban J connectivity index is 2.08. The third-order valence-corrected chi connectivity index (χ3v) is 6.16. The summed E-state index contributed by atoms with van der Waals surface area (Å²) in [7, 11) is -3.60. The third-order valence-electron chi connectivity index (χ3n) is 3.35. The normalized spacial score (nSPS) is 11.6. The summed E-state index contributed by atoms with van der Waals surface area (Å²) in [5, 5.41) is 11.7. The van der Waals surface area contributed by atoms with Crippen LogP contribution in [-0.2, 0) is 9.84 Å². The Morgan fingerprint density at radius 2 is 1.96 bits per heavy atom. The minimum absolute atomic E-state index is 0.167. The molecule has 2 heterocycles. The van der Waals surface area contributed by atoms with E-state index in [1.54, 1.807) is 19.1 Å². The maximum absolute atomic E-state index is 11.6. The van der Waals surface area contributed by atoms with E-state index in [4.69, 9.17) is 9.15 Å². The lowest BCUT2D eigenvalue weighted by atomic mass is 10.1. The van der Waals surface area contributed by atoms with Crippen molar-refractivity contribution < 1.29 is 22.5 Å². The molecule has 0 N–H and O–H groups in total. The van der Waals surface area contributed by atoms with E-state index in [0.29, 0.717) is 16.7 Å². The van der Waals surface area contributed by atoms with Gasteiger partial charge >= 0.3 is 11.3 Å². The summed E-state index contributed by atoms with van der Waals surface area (Å²) < 4.78 is 33.6. The van der Waals surface area contributed by atoms with E-state index in [9.17, 15) is 23.3 Å². The molecule has 0 aliphatic heterocycles. The molecule has 0 aliphatic rings. The number of thiophene rings is 1. The van der Waals surface area contributed by atoms with Crippen LogP contribution in [0.15, 0.2) is 43.8 Å². The zero-order valence-corrected chi connectivity index (χ0v) is 14.6. The van der Waals surface area contributed by atoms with Crippen molar-refractivity contribution in [2.45, 2.75) is 11.1 Å². The van der Waals surface area contributed by atoms with Gasteiger partial charge in [0.05, 0.1) is 4.92 Å². The van der Waals surface area contributed by atoms with Gasteiger partial charge in [0.2, 0.25) is 0 Å². The van der Waals surface area contributed by atoms with Gasteiger partial charge in [-0.05, 0) is 24.6 Å². The Labute approximate surface area is 145 Å². The molecule has 0 atom stereocenters. The standard InChI is InChI=1S/C15H11NO7S2/c1-8-5-13(17)23-12-6-9(3-4-10(8)12)22-15-11(16(18)19)7-14(24-15)25(2,20)21/h3-7H,1-2H3. The summed E-state index contributed by atoms with van der Waals surface area (Å²) in [6.45, 7) is 1.75. The van der Waals surface area contributed by atoms with Gasteiger partial charge in [-0.15, -0.1) is 0 Å². The molecule has 0 saturated heterocycles. The zero-order chi connectivity index (χ0) is 18.4. The van der Waals surface area contributed by atoms with E-state index >= 15 is 0 Å². The van der Waals surface area contributed by atoms with Crippen molar-refractivity contribution in [1.29, 1.82) is 0 Å². The molecule has 130 valence electrons. The predicted octanol–water partition coefficient (Wildman–Crippen LogP) is 3.27. The Bertz CT molecular complexity index is 1160. The number of hydrogen-bond acceptors (Lipinski definition) is 8. The van der Waals surface area contributed by atoms with E-state index in [-0.39, 0.29) is 20.6 Å². The van der Waals surface area contributed by atoms with Crippen LogP contribution in [0, 0.1) is 17.0 Å². The van der Waals surface area contributed by atoms with Crippen LogP contribution >= 0.6 is 11.3 Å². The first-order chi connectivity index (χ1) is 11.6. The molecule has 8 nitrogen and oxygen atoms in total. The SMILES string of the molecule is Cc1cc(=O)oc2cc(Oc3sc(S(C)(=O)=O)cc3[N+](=O)[O-])ccc12. The number of rotatable bonds is 4. The molecule has 0 amide bonds. The summed E-state index contributed by atoms with van der Waals surface area (Å²) in [5.74, 6) is 0.186. The van der Waals surface area contributed by atoms with Crippen molar-refractivity contribution in [3.05, 3.63) is 56.4 Å². The average molecular weight is 381 g/mol. The zero-order valence-electron chi connectivity index (χ0n) is 13.0. The van der Waals surface area contributed by atoms with Crippen LogP contribution < -0.4 is 10.4 Å². The van der Waals surface area contributed by atoms with Gasteiger partial charge in [0.15, 0.2) is 9.84 Å². The monoisotopic (exact) mass is 381 g/mol. The molecule has 0 saturated carbocycles. The van der Waals surface area contributed by atoms with Gasteiger partial charge < -0.3 is 9.15 Å². The fraction of sp³-hybridized carbons (Fsp3) is 0.133. The Hall–Kier alpha value is -2.72. The number of fused-ring (bicyclic) bond motifs is 1. The summed E-state index contributed by atoms with van der Waals surface area (Å²) in [6, 6.07) is 6.94. The van der Waals surface area contributed by atoms with Crippen LogP contribution in [0.1, 0.15) is 5.56 Å². The topological polar surface area (TPSA) is 117 Å². The molecule has 3 aromatic rings. The highest BCUT2D eigenvalue weighted by atomic mass is 32.2. The number of aryl methyl sites for hydroxylation is 1. The molecule has 25 heavy (non-hydrogen) atoms. The summed E-state index contributed by atoms with van der Waals surface area (Å²) in [4.78, 5) is 21.9. The van der Waals surface area contributed by atoms with Gasteiger partial charge in [0.1, 0.15) is 15.5 Å². The van der Waals surface area contributed by atoms with Crippen LogP contribution in [0.5, 0.6) is 10.8 Å². The van der Waals surface area contributed by atoms with Crippen LogP contribution in [0.25, 0.3) is 11.0 Å². The van der Waals surface area contributed by atoms with Crippen LogP contribution in [0.2, 0.25) is 0 Å². The van der Waals surface area contributed by atoms with Gasteiger partial charge in [0.25, 0.3) is 5.06 Å². The van der Waals surface area contributed by atoms with Gasteiger partial charge in [-0.25, -0.2) is 13.2 Å². The number of benzene rings is 1. The molecule has 3 rings (SSSR count). The van der Waals surface area contributed by atoms with E-state index in [2.05, 4.69) is 0 Å². The van der Waals surface area contributed by atoms with Crippen molar-refractivity contribution in [3.63, 3.8) is 0 Å². The molecule has 0 unspecified atom stereocenters. The lowest BCUT2D eigenvalue weighted by Gasteiger charge is -2.05. The van der Waals surface area contributed by atoms with E-state index in [0.717, 1.165) is 17.9 Å². The first-order valence-electron chi connectivity index (χ1n) is 6.86. The first-order valence-corrected chi connectivity index (χ1v) is 9.56. The molecule has 1 aromatic carbocycles. The van der Waals surface area contributed by atoms with Gasteiger partial charge in [0, 0.05) is 29.8 Å². The van der Waals surface area contributed by atoms with Crippen molar-refractivity contribution in [2.24, 2.45) is 0 Å². The molecule has 0 spiro atoms. The number of nitro groups is 1. The molecule has 2 aromatic heterocycles. The molecule has 0 fully saturated rings. The fourth-order valence-electron chi connectivity index (χ4n) is 2.20. The smallest absolute Gasteiger partial charge is 0.336 e.